The van der Waals surface area contributed by atoms with E-state index in [2.05, 4.69) is 50.2 Å². The maximum absolute atomic E-state index is 9.05. The van der Waals surface area contributed by atoms with Crippen LogP contribution in [-0.4, -0.2) is 5.11 Å². The highest BCUT2D eigenvalue weighted by molar-refractivity contribution is 5.38. The Morgan fingerprint density at radius 3 is 1.88 bits per heavy atom. The van der Waals surface area contributed by atoms with Gasteiger partial charge in [0.25, 0.3) is 0 Å². The van der Waals surface area contributed by atoms with E-state index < -0.39 is 0 Å². The van der Waals surface area contributed by atoms with Gasteiger partial charge in [-0.15, -0.1) is 0 Å². The van der Waals surface area contributed by atoms with Crippen LogP contribution in [0.3, 0.4) is 0 Å². The lowest BCUT2D eigenvalue weighted by molar-refractivity contribution is 0.282. The zero-order chi connectivity index (χ0) is 12.3. The first-order valence-electron chi connectivity index (χ1n) is 5.90. The molecular formula is C16H18O. The molecule has 1 nitrogen and oxygen atoms in total. The smallest absolute Gasteiger partial charge is 0.0681 e. The van der Waals surface area contributed by atoms with E-state index in [-0.39, 0.29) is 12.0 Å². The topological polar surface area (TPSA) is 20.2 Å². The summed E-state index contributed by atoms with van der Waals surface area (Å²) in [6.07, 6.45) is 0. The maximum atomic E-state index is 9.05. The van der Waals surface area contributed by atoms with Gasteiger partial charge in [-0.2, -0.15) is 0 Å². The quantitative estimate of drug-likeness (QED) is 0.849. The lowest BCUT2D eigenvalue weighted by atomic mass is 9.78. The van der Waals surface area contributed by atoms with Crippen LogP contribution in [0.1, 0.15) is 30.5 Å². The van der Waals surface area contributed by atoms with Crippen molar-refractivity contribution in [3.05, 3.63) is 71.3 Å². The predicted octanol–water partition coefficient (Wildman–Crippen LogP) is 3.50. The van der Waals surface area contributed by atoms with Crippen LogP contribution in [0.4, 0.5) is 0 Å². The number of benzene rings is 2. The molecule has 0 saturated heterocycles. The van der Waals surface area contributed by atoms with Crippen molar-refractivity contribution in [2.45, 2.75) is 25.9 Å². The summed E-state index contributed by atoms with van der Waals surface area (Å²) >= 11 is 0. The summed E-state index contributed by atoms with van der Waals surface area (Å²) in [5, 5.41) is 9.05. The monoisotopic (exact) mass is 226 g/mol. The highest BCUT2D eigenvalue weighted by atomic mass is 16.3. The highest BCUT2D eigenvalue weighted by Gasteiger charge is 2.22. The SMILES string of the molecule is CC(C)(c1ccccc1)c1ccc(CO)cc1. The van der Waals surface area contributed by atoms with Crippen molar-refractivity contribution in [1.29, 1.82) is 0 Å². The minimum atomic E-state index is -0.00472. The average Bonchev–Trinajstić information content (AvgIpc) is 2.40. The van der Waals surface area contributed by atoms with Gasteiger partial charge in [0.05, 0.1) is 6.61 Å². The molecule has 0 aliphatic heterocycles. The minimum absolute atomic E-state index is 0.00472. The molecule has 17 heavy (non-hydrogen) atoms. The van der Waals surface area contributed by atoms with Gasteiger partial charge < -0.3 is 5.11 Å². The third-order valence-corrected chi connectivity index (χ3v) is 3.35. The number of rotatable bonds is 3. The molecule has 0 aliphatic rings. The first kappa shape index (κ1) is 11.9. The van der Waals surface area contributed by atoms with Crippen molar-refractivity contribution in [3.8, 4) is 0 Å². The molecule has 0 unspecified atom stereocenters. The third kappa shape index (κ3) is 2.40. The van der Waals surface area contributed by atoms with Crippen LogP contribution in [0.15, 0.2) is 54.6 Å². The molecule has 0 aromatic heterocycles. The first-order chi connectivity index (χ1) is 8.14. The Kier molecular flexibility index (Phi) is 3.30. The number of hydrogen-bond donors (Lipinski definition) is 1. The van der Waals surface area contributed by atoms with Gasteiger partial charge in [-0.1, -0.05) is 68.4 Å². The maximum Gasteiger partial charge on any atom is 0.0681 e. The fraction of sp³-hybridized carbons (Fsp3) is 0.250. The summed E-state index contributed by atoms with van der Waals surface area (Å²) in [5.74, 6) is 0. The summed E-state index contributed by atoms with van der Waals surface area (Å²) in [6, 6.07) is 18.6. The van der Waals surface area contributed by atoms with E-state index in [4.69, 9.17) is 5.11 Å². The first-order valence-corrected chi connectivity index (χ1v) is 5.90. The second-order valence-electron chi connectivity index (χ2n) is 4.85. The van der Waals surface area contributed by atoms with E-state index in [0.29, 0.717) is 0 Å². The average molecular weight is 226 g/mol. The van der Waals surface area contributed by atoms with Gasteiger partial charge in [0.1, 0.15) is 0 Å². The molecule has 2 rings (SSSR count). The van der Waals surface area contributed by atoms with E-state index in [1.165, 1.54) is 11.1 Å². The Labute approximate surface area is 103 Å². The molecule has 0 bridgehead atoms. The van der Waals surface area contributed by atoms with Crippen molar-refractivity contribution in [2.24, 2.45) is 0 Å². The van der Waals surface area contributed by atoms with Crippen molar-refractivity contribution in [1.82, 2.24) is 0 Å². The van der Waals surface area contributed by atoms with Crippen LogP contribution < -0.4 is 0 Å². The van der Waals surface area contributed by atoms with Crippen LogP contribution in [0.25, 0.3) is 0 Å². The van der Waals surface area contributed by atoms with Crippen molar-refractivity contribution in [3.63, 3.8) is 0 Å². The predicted molar refractivity (Wildman–Crippen MR) is 70.9 cm³/mol. The summed E-state index contributed by atoms with van der Waals surface area (Å²) in [6.45, 7) is 4.54. The molecule has 0 fully saturated rings. The molecule has 0 heterocycles. The Hall–Kier alpha value is -1.60. The van der Waals surface area contributed by atoms with E-state index in [0.717, 1.165) is 5.56 Å². The van der Waals surface area contributed by atoms with E-state index in [9.17, 15) is 0 Å². The molecule has 0 saturated carbocycles. The Bertz CT molecular complexity index is 469. The fourth-order valence-corrected chi connectivity index (χ4v) is 2.05. The largest absolute Gasteiger partial charge is 0.392 e. The Morgan fingerprint density at radius 1 is 0.824 bits per heavy atom. The molecule has 88 valence electrons. The zero-order valence-electron chi connectivity index (χ0n) is 10.4. The van der Waals surface area contributed by atoms with Crippen LogP contribution in [0.5, 0.6) is 0 Å². The number of hydrogen-bond acceptors (Lipinski definition) is 1. The van der Waals surface area contributed by atoms with E-state index in [1.54, 1.807) is 0 Å². The minimum Gasteiger partial charge on any atom is -0.392 e. The molecular weight excluding hydrogens is 208 g/mol. The molecule has 0 radical (unpaired) electrons. The summed E-state index contributed by atoms with van der Waals surface area (Å²) in [5.41, 5.74) is 3.52. The van der Waals surface area contributed by atoms with Gasteiger partial charge in [-0.3, -0.25) is 0 Å². The normalized spacial score (nSPS) is 11.5. The van der Waals surface area contributed by atoms with Crippen LogP contribution in [-0.2, 0) is 12.0 Å². The van der Waals surface area contributed by atoms with E-state index >= 15 is 0 Å². The molecule has 0 aliphatic carbocycles. The Balaban J connectivity index is 2.37. The fourth-order valence-electron chi connectivity index (χ4n) is 2.05. The zero-order valence-corrected chi connectivity index (χ0v) is 10.4. The van der Waals surface area contributed by atoms with Gasteiger partial charge in [-0.25, -0.2) is 0 Å². The summed E-state index contributed by atoms with van der Waals surface area (Å²) in [4.78, 5) is 0. The number of aliphatic hydroxyl groups is 1. The molecule has 1 heteroatoms. The molecule has 2 aromatic carbocycles. The molecule has 0 atom stereocenters. The summed E-state index contributed by atoms with van der Waals surface area (Å²) in [7, 11) is 0. The molecule has 2 aromatic rings. The van der Waals surface area contributed by atoms with Crippen molar-refractivity contribution >= 4 is 0 Å². The third-order valence-electron chi connectivity index (χ3n) is 3.35. The van der Waals surface area contributed by atoms with Crippen LogP contribution >= 0.6 is 0 Å². The molecule has 0 amide bonds. The standard InChI is InChI=1S/C16H18O/c1-16(2,14-6-4-3-5-7-14)15-10-8-13(12-17)9-11-15/h3-11,17H,12H2,1-2H3. The lowest BCUT2D eigenvalue weighted by Crippen LogP contribution is -2.18. The van der Waals surface area contributed by atoms with Crippen molar-refractivity contribution < 1.29 is 5.11 Å². The Morgan fingerprint density at radius 2 is 1.35 bits per heavy atom. The second kappa shape index (κ2) is 4.72. The van der Waals surface area contributed by atoms with Gasteiger partial charge in [0.15, 0.2) is 0 Å². The van der Waals surface area contributed by atoms with Gasteiger partial charge in [-0.05, 0) is 16.7 Å². The highest BCUT2D eigenvalue weighted by Crippen LogP contribution is 2.31. The summed E-state index contributed by atoms with van der Waals surface area (Å²) < 4.78 is 0. The number of aliphatic hydroxyl groups excluding tert-OH is 1. The van der Waals surface area contributed by atoms with Gasteiger partial charge in [0, 0.05) is 5.41 Å². The van der Waals surface area contributed by atoms with Crippen LogP contribution in [0, 0.1) is 0 Å². The van der Waals surface area contributed by atoms with Crippen molar-refractivity contribution in [2.75, 3.05) is 0 Å². The molecule has 0 spiro atoms. The van der Waals surface area contributed by atoms with Gasteiger partial charge >= 0.3 is 0 Å². The second-order valence-corrected chi connectivity index (χ2v) is 4.85. The van der Waals surface area contributed by atoms with Gasteiger partial charge in [0.2, 0.25) is 0 Å². The van der Waals surface area contributed by atoms with Crippen LogP contribution in [0.2, 0.25) is 0 Å². The van der Waals surface area contributed by atoms with E-state index in [1.807, 2.05) is 18.2 Å². The lowest BCUT2D eigenvalue weighted by Gasteiger charge is -2.26. The molecule has 1 N–H and O–H groups in total.